The van der Waals surface area contributed by atoms with E-state index in [0.29, 0.717) is 6.04 Å². The van der Waals surface area contributed by atoms with E-state index in [4.69, 9.17) is 0 Å². The molecule has 1 atom stereocenters. The van der Waals surface area contributed by atoms with E-state index in [0.717, 1.165) is 6.54 Å². The molecule has 0 radical (unpaired) electrons. The molecule has 94 valence electrons. The normalized spacial score (nSPS) is 21.6. The van der Waals surface area contributed by atoms with Gasteiger partial charge in [0.15, 0.2) is 0 Å². The molecule has 1 aromatic carbocycles. The molecule has 0 spiro atoms. The predicted molar refractivity (Wildman–Crippen MR) is 74.6 cm³/mol. The molecular formula is C15H24N2. The van der Waals surface area contributed by atoms with Crippen molar-refractivity contribution in [1.82, 2.24) is 5.32 Å². The third kappa shape index (κ3) is 4.04. The highest BCUT2D eigenvalue weighted by Gasteiger charge is 2.12. The van der Waals surface area contributed by atoms with Gasteiger partial charge in [0, 0.05) is 25.3 Å². The fourth-order valence-corrected chi connectivity index (χ4v) is 2.55. The van der Waals surface area contributed by atoms with E-state index >= 15 is 0 Å². The average Bonchev–Trinajstić information content (AvgIpc) is 2.33. The van der Waals surface area contributed by atoms with E-state index in [9.17, 15) is 0 Å². The first-order chi connectivity index (χ1) is 8.36. The molecule has 1 aromatic rings. The van der Waals surface area contributed by atoms with Crippen LogP contribution in [0.15, 0.2) is 30.3 Å². The van der Waals surface area contributed by atoms with Gasteiger partial charge in [-0.25, -0.2) is 0 Å². The van der Waals surface area contributed by atoms with Gasteiger partial charge in [-0.15, -0.1) is 0 Å². The molecular weight excluding hydrogens is 208 g/mol. The van der Waals surface area contributed by atoms with Gasteiger partial charge in [0.25, 0.3) is 0 Å². The number of benzene rings is 1. The third-order valence-corrected chi connectivity index (χ3v) is 3.60. The SMILES string of the molecule is CN(CC1CCCCCCN1)c1ccccc1. The molecule has 2 nitrogen and oxygen atoms in total. The van der Waals surface area contributed by atoms with E-state index in [1.807, 2.05) is 0 Å². The van der Waals surface area contributed by atoms with E-state index in [1.165, 1.54) is 44.3 Å². The van der Waals surface area contributed by atoms with Crippen LogP contribution in [0.25, 0.3) is 0 Å². The highest BCUT2D eigenvalue weighted by Crippen LogP contribution is 2.14. The van der Waals surface area contributed by atoms with Crippen LogP contribution in [-0.2, 0) is 0 Å². The summed E-state index contributed by atoms with van der Waals surface area (Å²) in [7, 11) is 2.19. The molecule has 1 aliphatic rings. The summed E-state index contributed by atoms with van der Waals surface area (Å²) in [5.41, 5.74) is 1.32. The van der Waals surface area contributed by atoms with Gasteiger partial charge in [-0.05, 0) is 31.5 Å². The fourth-order valence-electron chi connectivity index (χ4n) is 2.55. The lowest BCUT2D eigenvalue weighted by Gasteiger charge is -2.28. The maximum absolute atomic E-state index is 3.68. The van der Waals surface area contributed by atoms with Gasteiger partial charge in [0.1, 0.15) is 0 Å². The number of para-hydroxylation sites is 1. The van der Waals surface area contributed by atoms with Crippen molar-refractivity contribution in [1.29, 1.82) is 0 Å². The lowest BCUT2D eigenvalue weighted by atomic mass is 10.0. The van der Waals surface area contributed by atoms with Crippen LogP contribution in [0, 0.1) is 0 Å². The number of nitrogens with zero attached hydrogens (tertiary/aromatic N) is 1. The molecule has 0 amide bonds. The summed E-state index contributed by atoms with van der Waals surface area (Å²) in [6, 6.07) is 11.3. The Morgan fingerprint density at radius 1 is 1.12 bits per heavy atom. The third-order valence-electron chi connectivity index (χ3n) is 3.60. The minimum Gasteiger partial charge on any atom is -0.373 e. The first kappa shape index (κ1) is 12.4. The summed E-state index contributed by atoms with van der Waals surface area (Å²) in [4.78, 5) is 2.36. The summed E-state index contributed by atoms with van der Waals surface area (Å²) in [5.74, 6) is 0. The Balaban J connectivity index is 1.86. The second-order valence-electron chi connectivity index (χ2n) is 5.07. The van der Waals surface area contributed by atoms with Crippen molar-refractivity contribution >= 4 is 5.69 Å². The molecule has 1 aliphatic heterocycles. The fraction of sp³-hybridized carbons (Fsp3) is 0.600. The topological polar surface area (TPSA) is 15.3 Å². The molecule has 2 heteroatoms. The Bertz CT molecular complexity index is 302. The lowest BCUT2D eigenvalue weighted by Crippen LogP contribution is -2.40. The molecule has 0 aliphatic carbocycles. The molecule has 1 fully saturated rings. The largest absolute Gasteiger partial charge is 0.373 e. The van der Waals surface area contributed by atoms with Gasteiger partial charge >= 0.3 is 0 Å². The van der Waals surface area contributed by atoms with Crippen LogP contribution >= 0.6 is 0 Å². The van der Waals surface area contributed by atoms with Crippen LogP contribution in [0.2, 0.25) is 0 Å². The van der Waals surface area contributed by atoms with Gasteiger partial charge in [0.05, 0.1) is 0 Å². The van der Waals surface area contributed by atoms with Crippen molar-refractivity contribution in [3.63, 3.8) is 0 Å². The van der Waals surface area contributed by atoms with E-state index in [-0.39, 0.29) is 0 Å². The number of likely N-dealkylation sites (N-methyl/N-ethyl adjacent to an activating group) is 1. The zero-order valence-electron chi connectivity index (χ0n) is 10.9. The lowest BCUT2D eigenvalue weighted by molar-refractivity contribution is 0.418. The van der Waals surface area contributed by atoms with Crippen LogP contribution in [0.3, 0.4) is 0 Å². The van der Waals surface area contributed by atoms with E-state index < -0.39 is 0 Å². The monoisotopic (exact) mass is 232 g/mol. The number of hydrogen-bond donors (Lipinski definition) is 1. The van der Waals surface area contributed by atoms with Crippen molar-refractivity contribution in [3.8, 4) is 0 Å². The van der Waals surface area contributed by atoms with Crippen molar-refractivity contribution in [2.75, 3.05) is 25.0 Å². The Morgan fingerprint density at radius 2 is 1.88 bits per heavy atom. The molecule has 0 saturated carbocycles. The van der Waals surface area contributed by atoms with Crippen molar-refractivity contribution in [3.05, 3.63) is 30.3 Å². The second-order valence-corrected chi connectivity index (χ2v) is 5.07. The molecule has 2 rings (SSSR count). The zero-order valence-corrected chi connectivity index (χ0v) is 10.9. The highest BCUT2D eigenvalue weighted by atomic mass is 15.1. The maximum atomic E-state index is 3.68. The predicted octanol–water partition coefficient (Wildman–Crippen LogP) is 3.05. The number of rotatable bonds is 3. The summed E-state index contributed by atoms with van der Waals surface area (Å²) in [6.07, 6.45) is 6.84. The van der Waals surface area contributed by atoms with Gasteiger partial charge < -0.3 is 10.2 Å². The summed E-state index contributed by atoms with van der Waals surface area (Å²) >= 11 is 0. The minimum atomic E-state index is 0.653. The first-order valence-corrected chi connectivity index (χ1v) is 6.86. The number of anilines is 1. The highest BCUT2D eigenvalue weighted by molar-refractivity contribution is 5.45. The smallest absolute Gasteiger partial charge is 0.0364 e. The second kappa shape index (κ2) is 6.65. The van der Waals surface area contributed by atoms with Crippen LogP contribution in [0.1, 0.15) is 32.1 Å². The van der Waals surface area contributed by atoms with Gasteiger partial charge in [-0.2, -0.15) is 0 Å². The van der Waals surface area contributed by atoms with Gasteiger partial charge in [-0.3, -0.25) is 0 Å². The van der Waals surface area contributed by atoms with Crippen molar-refractivity contribution in [2.24, 2.45) is 0 Å². The Kier molecular flexibility index (Phi) is 4.87. The molecule has 0 aromatic heterocycles. The average molecular weight is 232 g/mol. The Labute approximate surface area is 105 Å². The van der Waals surface area contributed by atoms with Gasteiger partial charge in [-0.1, -0.05) is 37.5 Å². The quantitative estimate of drug-likeness (QED) is 0.861. The summed E-state index contributed by atoms with van der Waals surface area (Å²) < 4.78 is 0. The van der Waals surface area contributed by atoms with Crippen LogP contribution < -0.4 is 10.2 Å². The number of nitrogens with one attached hydrogen (secondary N) is 1. The first-order valence-electron chi connectivity index (χ1n) is 6.86. The molecule has 1 saturated heterocycles. The molecule has 17 heavy (non-hydrogen) atoms. The van der Waals surface area contributed by atoms with Crippen LogP contribution in [-0.4, -0.2) is 26.2 Å². The van der Waals surface area contributed by atoms with E-state index in [2.05, 4.69) is 47.6 Å². The van der Waals surface area contributed by atoms with Crippen LogP contribution in [0.4, 0.5) is 5.69 Å². The van der Waals surface area contributed by atoms with Gasteiger partial charge in [0.2, 0.25) is 0 Å². The summed E-state index contributed by atoms with van der Waals surface area (Å²) in [5, 5.41) is 3.68. The standard InChI is InChI=1S/C15H24N2/c1-17(15-10-6-4-7-11-15)13-14-9-5-2-3-8-12-16-14/h4,6-7,10-11,14,16H,2-3,5,8-9,12-13H2,1H3. The van der Waals surface area contributed by atoms with Crippen LogP contribution in [0.5, 0.6) is 0 Å². The summed E-state index contributed by atoms with van der Waals surface area (Å²) in [6.45, 7) is 2.30. The molecule has 1 unspecified atom stereocenters. The van der Waals surface area contributed by atoms with E-state index in [1.54, 1.807) is 0 Å². The van der Waals surface area contributed by atoms with Crippen molar-refractivity contribution < 1.29 is 0 Å². The molecule has 1 N–H and O–H groups in total. The Hall–Kier alpha value is -1.02. The zero-order chi connectivity index (χ0) is 11.9. The minimum absolute atomic E-state index is 0.653. The molecule has 0 bridgehead atoms. The van der Waals surface area contributed by atoms with Crippen molar-refractivity contribution in [2.45, 2.75) is 38.1 Å². The Morgan fingerprint density at radius 3 is 2.71 bits per heavy atom. The molecule has 1 heterocycles. The number of hydrogen-bond acceptors (Lipinski definition) is 2. The maximum Gasteiger partial charge on any atom is 0.0364 e.